The molecule has 37 heavy (non-hydrogen) atoms. The van der Waals surface area contributed by atoms with Crippen molar-refractivity contribution in [2.24, 2.45) is 0 Å². The van der Waals surface area contributed by atoms with E-state index in [4.69, 9.17) is 4.74 Å². The van der Waals surface area contributed by atoms with Gasteiger partial charge < -0.3 is 4.74 Å². The second-order valence-corrected chi connectivity index (χ2v) is 12.0. The smallest absolute Gasteiger partial charge is 0.245 e. The van der Waals surface area contributed by atoms with Gasteiger partial charge in [-0.05, 0) is 60.7 Å². The van der Waals surface area contributed by atoms with Crippen molar-refractivity contribution in [2.45, 2.75) is 43.7 Å². The first kappa shape index (κ1) is 25.8. The van der Waals surface area contributed by atoms with Crippen molar-refractivity contribution in [3.8, 4) is 11.1 Å². The van der Waals surface area contributed by atoms with E-state index in [2.05, 4.69) is 72.3 Å². The number of aromatic nitrogens is 1. The van der Waals surface area contributed by atoms with Crippen molar-refractivity contribution in [3.63, 3.8) is 0 Å². The zero-order valence-electron chi connectivity index (χ0n) is 22.0. The molecule has 0 radical (unpaired) electrons. The Labute approximate surface area is 220 Å². The molecule has 1 fully saturated rings. The Hall–Kier alpha value is -2.84. The number of nitrogens with zero attached hydrogens (tertiary/aromatic N) is 3. The van der Waals surface area contributed by atoms with Gasteiger partial charge in [0.2, 0.25) is 10.0 Å². The minimum Gasteiger partial charge on any atom is -0.383 e. The number of hydrogen-bond acceptors (Lipinski definition) is 5. The maximum atomic E-state index is 13.7. The molecule has 7 heteroatoms. The number of ether oxygens (including phenoxy) is 1. The maximum Gasteiger partial charge on any atom is 0.245 e. The van der Waals surface area contributed by atoms with Gasteiger partial charge in [0, 0.05) is 50.9 Å². The van der Waals surface area contributed by atoms with Gasteiger partial charge in [0.1, 0.15) is 4.90 Å². The lowest BCUT2D eigenvalue weighted by Gasteiger charge is -2.56. The third kappa shape index (κ3) is 4.77. The van der Waals surface area contributed by atoms with E-state index in [1.54, 1.807) is 36.7 Å². The summed E-state index contributed by atoms with van der Waals surface area (Å²) in [7, 11) is -1.95. The summed E-state index contributed by atoms with van der Waals surface area (Å²) in [5, 5.41) is 0. The summed E-state index contributed by atoms with van der Waals surface area (Å²) < 4.78 is 34.6. The Kier molecular flexibility index (Phi) is 7.32. The zero-order valence-corrected chi connectivity index (χ0v) is 22.8. The summed E-state index contributed by atoms with van der Waals surface area (Å²) in [6.45, 7) is 8.22. The van der Waals surface area contributed by atoms with E-state index in [1.807, 2.05) is 6.08 Å². The summed E-state index contributed by atoms with van der Waals surface area (Å²) in [5.41, 5.74) is 6.76. The van der Waals surface area contributed by atoms with E-state index in [-0.39, 0.29) is 22.9 Å². The van der Waals surface area contributed by atoms with Gasteiger partial charge in [-0.3, -0.25) is 9.88 Å². The molecule has 5 rings (SSSR count). The summed E-state index contributed by atoms with van der Waals surface area (Å²) >= 11 is 0. The van der Waals surface area contributed by atoms with Crippen LogP contribution in [0.1, 0.15) is 28.3 Å². The lowest BCUT2D eigenvalue weighted by Crippen LogP contribution is -2.67. The number of methoxy groups -OCH3 is 1. The molecule has 1 unspecified atom stereocenters. The van der Waals surface area contributed by atoms with Crippen LogP contribution < -0.4 is 0 Å². The number of sulfonamides is 1. The summed E-state index contributed by atoms with van der Waals surface area (Å²) in [6.07, 6.45) is 5.66. The van der Waals surface area contributed by atoms with E-state index in [0.717, 1.165) is 6.54 Å². The van der Waals surface area contributed by atoms with Crippen molar-refractivity contribution in [3.05, 3.63) is 95.3 Å². The summed E-state index contributed by atoms with van der Waals surface area (Å²) in [4.78, 5) is 6.87. The molecule has 194 valence electrons. The molecular weight excluding hydrogens is 482 g/mol. The molecule has 2 aromatic carbocycles. The molecule has 6 nitrogen and oxygen atoms in total. The third-order valence-electron chi connectivity index (χ3n) is 7.99. The minimum absolute atomic E-state index is 0.0587. The Balaban J connectivity index is 1.47. The quantitative estimate of drug-likeness (QED) is 0.443. The van der Waals surface area contributed by atoms with Crippen molar-refractivity contribution >= 4 is 10.0 Å². The van der Waals surface area contributed by atoms with Crippen molar-refractivity contribution in [1.29, 1.82) is 0 Å². The van der Waals surface area contributed by atoms with Crippen LogP contribution in [0, 0.1) is 20.8 Å². The van der Waals surface area contributed by atoms with E-state index >= 15 is 0 Å². The Morgan fingerprint density at radius 2 is 1.73 bits per heavy atom. The highest BCUT2D eigenvalue weighted by Gasteiger charge is 2.50. The Morgan fingerprint density at radius 1 is 0.973 bits per heavy atom. The fourth-order valence-electron chi connectivity index (χ4n) is 5.81. The monoisotopic (exact) mass is 517 g/mol. The van der Waals surface area contributed by atoms with E-state index in [1.165, 1.54) is 27.8 Å². The van der Waals surface area contributed by atoms with Crippen LogP contribution in [0.3, 0.4) is 0 Å². The highest BCUT2D eigenvalue weighted by atomic mass is 32.2. The van der Waals surface area contributed by atoms with E-state index in [9.17, 15) is 8.42 Å². The van der Waals surface area contributed by atoms with Crippen LogP contribution in [0.4, 0.5) is 0 Å². The lowest BCUT2D eigenvalue weighted by molar-refractivity contribution is -0.0508. The number of rotatable bonds is 6. The number of benzene rings is 2. The predicted molar refractivity (Wildman–Crippen MR) is 147 cm³/mol. The predicted octanol–water partition coefficient (Wildman–Crippen LogP) is 4.72. The molecule has 0 N–H and O–H groups in total. The largest absolute Gasteiger partial charge is 0.383 e. The molecule has 3 heterocycles. The average Bonchev–Trinajstić information content (AvgIpc) is 2.87. The van der Waals surface area contributed by atoms with Crippen LogP contribution in [0.5, 0.6) is 0 Å². The van der Waals surface area contributed by atoms with Gasteiger partial charge in [-0.15, -0.1) is 0 Å². The Morgan fingerprint density at radius 3 is 2.46 bits per heavy atom. The normalized spacial score (nSPS) is 23.5. The molecule has 2 aliphatic heterocycles. The highest BCUT2D eigenvalue weighted by Crippen LogP contribution is 2.43. The lowest BCUT2D eigenvalue weighted by atomic mass is 9.74. The fraction of sp³-hybridized carbons (Fsp3) is 0.367. The number of fused-ring (bicyclic) bond motifs is 1. The van der Waals surface area contributed by atoms with Gasteiger partial charge in [-0.2, -0.15) is 4.31 Å². The molecule has 0 bridgehead atoms. The second-order valence-electron chi connectivity index (χ2n) is 10.1. The third-order valence-corrected chi connectivity index (χ3v) is 9.95. The van der Waals surface area contributed by atoms with Gasteiger partial charge in [-0.1, -0.05) is 54.6 Å². The second kappa shape index (κ2) is 10.5. The van der Waals surface area contributed by atoms with Crippen LogP contribution in [0.15, 0.2) is 77.8 Å². The fourth-order valence-corrected chi connectivity index (χ4v) is 7.40. The molecular formula is C30H35N3O3S. The van der Waals surface area contributed by atoms with E-state index in [0.29, 0.717) is 25.4 Å². The molecule has 3 atom stereocenters. The Bertz CT molecular complexity index is 1400. The van der Waals surface area contributed by atoms with Crippen LogP contribution in [0.25, 0.3) is 11.1 Å². The van der Waals surface area contributed by atoms with Crippen LogP contribution in [0.2, 0.25) is 0 Å². The molecule has 1 saturated heterocycles. The molecule has 3 aromatic rings. The standard InChI is InChI=1S/C30H35N3O3S/c1-21-9-7-10-26(22(21)2)24-12-14-25(15-13-24)30-27-19-32(17-5-6-18-33(27)28(30)20-36-4)37(34,35)29-11-8-16-31-23(29)3/h5-16,27-28,30H,17-20H2,1-4H3/b6-5-/t27?,28-,30+/m1/s1. The van der Waals surface area contributed by atoms with Gasteiger partial charge >= 0.3 is 0 Å². The molecule has 0 amide bonds. The molecule has 0 aliphatic carbocycles. The van der Waals surface area contributed by atoms with Crippen LogP contribution in [-0.4, -0.2) is 68.0 Å². The first-order valence-electron chi connectivity index (χ1n) is 12.8. The average molecular weight is 518 g/mol. The van der Waals surface area contributed by atoms with Crippen LogP contribution >= 0.6 is 0 Å². The number of pyridine rings is 1. The maximum absolute atomic E-state index is 13.7. The first-order valence-corrected chi connectivity index (χ1v) is 14.2. The molecule has 1 aromatic heterocycles. The van der Waals surface area contributed by atoms with Crippen molar-refractivity contribution in [1.82, 2.24) is 14.2 Å². The number of hydrogen-bond donors (Lipinski definition) is 0. The topological polar surface area (TPSA) is 62.7 Å². The van der Waals surface area contributed by atoms with Crippen LogP contribution in [-0.2, 0) is 14.8 Å². The first-order chi connectivity index (χ1) is 17.8. The zero-order chi connectivity index (χ0) is 26.2. The van der Waals surface area contributed by atoms with E-state index < -0.39 is 10.0 Å². The minimum atomic E-state index is -3.68. The summed E-state index contributed by atoms with van der Waals surface area (Å²) in [5.74, 6) is 0.173. The molecule has 0 saturated carbocycles. The highest BCUT2D eigenvalue weighted by molar-refractivity contribution is 7.89. The van der Waals surface area contributed by atoms with Gasteiger partial charge in [-0.25, -0.2) is 8.42 Å². The van der Waals surface area contributed by atoms with Crippen molar-refractivity contribution in [2.75, 3.05) is 33.4 Å². The molecule has 2 aliphatic rings. The van der Waals surface area contributed by atoms with Gasteiger partial charge in [0.05, 0.1) is 12.3 Å². The SMILES string of the molecule is COC[C@@H]1[C@@H](c2ccc(-c3cccc(C)c3C)cc2)C2CN(S(=O)(=O)c3cccnc3C)C/C=C\CN21. The molecule has 0 spiro atoms. The number of aryl methyl sites for hydroxylation is 2. The van der Waals surface area contributed by atoms with Gasteiger partial charge in [0.25, 0.3) is 0 Å². The summed E-state index contributed by atoms with van der Waals surface area (Å²) in [6, 6.07) is 18.8. The van der Waals surface area contributed by atoms with Gasteiger partial charge in [0.15, 0.2) is 0 Å². The van der Waals surface area contributed by atoms with Crippen molar-refractivity contribution < 1.29 is 13.2 Å².